The van der Waals surface area contributed by atoms with Crippen molar-refractivity contribution in [1.29, 1.82) is 0 Å². The second-order valence-electron chi connectivity index (χ2n) is 7.83. The molecule has 0 spiro atoms. The summed E-state index contributed by atoms with van der Waals surface area (Å²) in [5, 5.41) is 9.99. The molecule has 0 saturated carbocycles. The van der Waals surface area contributed by atoms with Crippen molar-refractivity contribution in [3.63, 3.8) is 0 Å². The molecular formula is C27H27F3O3. The number of rotatable bonds is 10. The zero-order chi connectivity index (χ0) is 24.0. The van der Waals surface area contributed by atoms with Crippen LogP contribution in [-0.2, 0) is 12.8 Å². The fourth-order valence-corrected chi connectivity index (χ4v) is 3.75. The van der Waals surface area contributed by atoms with E-state index in [1.165, 1.54) is 12.1 Å². The fraction of sp³-hybridized carbons (Fsp3) is 0.296. The van der Waals surface area contributed by atoms with Gasteiger partial charge in [-0.1, -0.05) is 49.7 Å². The summed E-state index contributed by atoms with van der Waals surface area (Å²) in [6.45, 7) is 3.85. The summed E-state index contributed by atoms with van der Waals surface area (Å²) >= 11 is 0. The molecule has 33 heavy (non-hydrogen) atoms. The zero-order valence-electron chi connectivity index (χ0n) is 18.8. The standard InChI is InChI=1S/C27H27F3O3/c1-3-6-19-13-14-20(25(29)24(19)28)18-11-9-17(10-12-18)7-5-8-22(31)21-15-16-23(33-4-2)26(30)27(21)32/h9-16,32H,3-8H2,1-2H3. The maximum absolute atomic E-state index is 14.5. The van der Waals surface area contributed by atoms with Gasteiger partial charge >= 0.3 is 0 Å². The van der Waals surface area contributed by atoms with E-state index in [-0.39, 0.29) is 35.7 Å². The van der Waals surface area contributed by atoms with Gasteiger partial charge in [0.05, 0.1) is 12.2 Å². The largest absolute Gasteiger partial charge is 0.504 e. The number of benzene rings is 3. The van der Waals surface area contributed by atoms with Gasteiger partial charge < -0.3 is 9.84 Å². The highest BCUT2D eigenvalue weighted by atomic mass is 19.2. The third-order valence-electron chi connectivity index (χ3n) is 5.50. The third kappa shape index (κ3) is 5.56. The Balaban J connectivity index is 1.62. The first kappa shape index (κ1) is 24.4. The SMILES string of the molecule is CCCc1ccc(-c2ccc(CCCC(=O)c3ccc(OCC)c(F)c3O)cc2)c(F)c1F. The predicted molar refractivity (Wildman–Crippen MR) is 122 cm³/mol. The van der Waals surface area contributed by atoms with Crippen LogP contribution in [0.25, 0.3) is 11.1 Å². The van der Waals surface area contributed by atoms with Crippen molar-refractivity contribution in [2.24, 2.45) is 0 Å². The van der Waals surface area contributed by atoms with Gasteiger partial charge in [-0.05, 0) is 55.0 Å². The van der Waals surface area contributed by atoms with Gasteiger partial charge in [-0.2, -0.15) is 4.39 Å². The maximum atomic E-state index is 14.5. The second-order valence-corrected chi connectivity index (χ2v) is 7.83. The van der Waals surface area contributed by atoms with Gasteiger partial charge in [0.15, 0.2) is 28.9 Å². The normalized spacial score (nSPS) is 10.9. The summed E-state index contributed by atoms with van der Waals surface area (Å²) in [6, 6.07) is 13.0. The lowest BCUT2D eigenvalue weighted by Gasteiger charge is -2.10. The van der Waals surface area contributed by atoms with Gasteiger partial charge in [-0.3, -0.25) is 4.79 Å². The molecule has 0 aromatic heterocycles. The van der Waals surface area contributed by atoms with Crippen molar-refractivity contribution in [1.82, 2.24) is 0 Å². The van der Waals surface area contributed by atoms with Crippen molar-refractivity contribution in [3.8, 4) is 22.6 Å². The van der Waals surface area contributed by atoms with Gasteiger partial charge in [0, 0.05) is 12.0 Å². The second kappa shape index (κ2) is 11.0. The number of hydrogen-bond donors (Lipinski definition) is 1. The molecule has 3 aromatic rings. The molecule has 3 aromatic carbocycles. The molecule has 0 unspecified atom stereocenters. The molecule has 0 saturated heterocycles. The molecule has 1 N–H and O–H groups in total. The summed E-state index contributed by atoms with van der Waals surface area (Å²) in [5.41, 5.74) is 2.01. The number of Topliss-reactive ketones (excluding diaryl/α,β-unsaturated/α-hetero) is 1. The van der Waals surface area contributed by atoms with Crippen molar-refractivity contribution < 1.29 is 27.8 Å². The summed E-state index contributed by atoms with van der Waals surface area (Å²) in [7, 11) is 0. The fourth-order valence-electron chi connectivity index (χ4n) is 3.75. The van der Waals surface area contributed by atoms with Crippen LogP contribution < -0.4 is 4.74 Å². The first-order valence-electron chi connectivity index (χ1n) is 11.1. The Morgan fingerprint density at radius 1 is 0.879 bits per heavy atom. The van der Waals surface area contributed by atoms with Crippen molar-refractivity contribution in [2.75, 3.05) is 6.61 Å². The van der Waals surface area contributed by atoms with Gasteiger partial charge in [0.2, 0.25) is 5.82 Å². The Hall–Kier alpha value is -3.28. The molecule has 0 aliphatic rings. The number of aromatic hydroxyl groups is 1. The maximum Gasteiger partial charge on any atom is 0.207 e. The van der Waals surface area contributed by atoms with E-state index in [4.69, 9.17) is 4.74 Å². The van der Waals surface area contributed by atoms with Crippen LogP contribution in [0.1, 0.15) is 54.6 Å². The number of phenols is 1. The van der Waals surface area contributed by atoms with Crippen LogP contribution in [-0.4, -0.2) is 17.5 Å². The zero-order valence-corrected chi connectivity index (χ0v) is 18.8. The van der Waals surface area contributed by atoms with Crippen LogP contribution in [0.3, 0.4) is 0 Å². The highest BCUT2D eigenvalue weighted by Gasteiger charge is 2.18. The number of carbonyl (C=O) groups is 1. The molecular weight excluding hydrogens is 429 g/mol. The van der Waals surface area contributed by atoms with Gasteiger partial charge in [-0.15, -0.1) is 0 Å². The highest BCUT2D eigenvalue weighted by Crippen LogP contribution is 2.31. The molecule has 0 atom stereocenters. The molecule has 0 aliphatic carbocycles. The molecule has 0 heterocycles. The number of ketones is 1. The number of phenolic OH excluding ortho intramolecular Hbond substituents is 1. The monoisotopic (exact) mass is 456 g/mol. The third-order valence-corrected chi connectivity index (χ3v) is 5.50. The van der Waals surface area contributed by atoms with Crippen LogP contribution in [0.4, 0.5) is 13.2 Å². The van der Waals surface area contributed by atoms with Gasteiger partial charge in [-0.25, -0.2) is 8.78 Å². The summed E-state index contributed by atoms with van der Waals surface area (Å²) in [6.07, 6.45) is 2.41. The molecule has 0 radical (unpaired) electrons. The minimum absolute atomic E-state index is 0.0738. The van der Waals surface area contributed by atoms with Gasteiger partial charge in [0.1, 0.15) is 0 Å². The summed E-state index contributed by atoms with van der Waals surface area (Å²) < 4.78 is 47.9. The lowest BCUT2D eigenvalue weighted by Crippen LogP contribution is -2.03. The highest BCUT2D eigenvalue weighted by molar-refractivity contribution is 5.98. The summed E-state index contributed by atoms with van der Waals surface area (Å²) in [4.78, 5) is 12.4. The molecule has 3 nitrogen and oxygen atoms in total. The van der Waals surface area contributed by atoms with E-state index in [0.717, 1.165) is 12.0 Å². The Morgan fingerprint density at radius 3 is 2.27 bits per heavy atom. The molecule has 0 amide bonds. The van der Waals surface area contributed by atoms with E-state index in [0.29, 0.717) is 30.4 Å². The summed E-state index contributed by atoms with van der Waals surface area (Å²) in [5.74, 6) is -3.74. The minimum atomic E-state index is -0.940. The van der Waals surface area contributed by atoms with E-state index in [1.54, 1.807) is 31.2 Å². The Morgan fingerprint density at radius 2 is 1.61 bits per heavy atom. The number of hydrogen-bond acceptors (Lipinski definition) is 3. The molecule has 0 fully saturated rings. The number of ether oxygens (including phenoxy) is 1. The van der Waals surface area contributed by atoms with Crippen LogP contribution in [0.5, 0.6) is 11.5 Å². The number of halogens is 3. The van der Waals surface area contributed by atoms with Crippen LogP contribution >= 0.6 is 0 Å². The van der Waals surface area contributed by atoms with E-state index in [1.807, 2.05) is 19.1 Å². The number of aryl methyl sites for hydroxylation is 2. The lowest BCUT2D eigenvalue weighted by atomic mass is 9.98. The van der Waals surface area contributed by atoms with E-state index < -0.39 is 23.2 Å². The van der Waals surface area contributed by atoms with E-state index in [2.05, 4.69) is 0 Å². The van der Waals surface area contributed by atoms with Crippen LogP contribution in [0.2, 0.25) is 0 Å². The topological polar surface area (TPSA) is 46.5 Å². The molecule has 174 valence electrons. The van der Waals surface area contributed by atoms with E-state index >= 15 is 0 Å². The number of carbonyl (C=O) groups excluding carboxylic acids is 1. The molecule has 3 rings (SSSR count). The lowest BCUT2D eigenvalue weighted by molar-refractivity contribution is 0.0976. The average molecular weight is 457 g/mol. The molecule has 6 heteroatoms. The van der Waals surface area contributed by atoms with Crippen molar-refractivity contribution in [2.45, 2.75) is 46.0 Å². The Labute approximate surface area is 191 Å². The quantitative estimate of drug-likeness (QED) is 0.333. The average Bonchev–Trinajstić information content (AvgIpc) is 2.81. The molecule has 0 bridgehead atoms. The van der Waals surface area contributed by atoms with Crippen LogP contribution in [0.15, 0.2) is 48.5 Å². The Bertz CT molecular complexity index is 1120. The smallest absolute Gasteiger partial charge is 0.207 e. The first-order valence-corrected chi connectivity index (χ1v) is 11.1. The Kier molecular flexibility index (Phi) is 8.15. The predicted octanol–water partition coefficient (Wildman–Crippen LogP) is 7.03. The van der Waals surface area contributed by atoms with Crippen molar-refractivity contribution >= 4 is 5.78 Å². The van der Waals surface area contributed by atoms with Crippen molar-refractivity contribution in [3.05, 3.63) is 82.7 Å². The van der Waals surface area contributed by atoms with Gasteiger partial charge in [0.25, 0.3) is 0 Å². The van der Waals surface area contributed by atoms with E-state index in [9.17, 15) is 23.1 Å². The van der Waals surface area contributed by atoms with Crippen LogP contribution in [0, 0.1) is 17.5 Å². The minimum Gasteiger partial charge on any atom is -0.504 e. The molecule has 0 aliphatic heterocycles. The first-order chi connectivity index (χ1) is 15.9.